The van der Waals surface area contributed by atoms with E-state index in [-0.39, 0.29) is 24.3 Å². The van der Waals surface area contributed by atoms with Gasteiger partial charge < -0.3 is 19.4 Å². The number of fused-ring (bicyclic) bond motifs is 2. The van der Waals surface area contributed by atoms with Crippen LogP contribution in [-0.4, -0.2) is 66.2 Å². The zero-order valence-corrected chi connectivity index (χ0v) is 28.7. The minimum Gasteiger partial charge on any atom is -0.444 e. The van der Waals surface area contributed by atoms with Gasteiger partial charge in [0, 0.05) is 22.8 Å². The third-order valence-corrected chi connectivity index (χ3v) is 9.75. The summed E-state index contributed by atoms with van der Waals surface area (Å²) in [5.74, 6) is 1.60. The molecule has 0 radical (unpaired) electrons. The number of nitrogens with zero attached hydrogens (tertiary/aromatic N) is 4. The lowest BCUT2D eigenvalue weighted by Crippen LogP contribution is -2.36. The van der Waals surface area contributed by atoms with Crippen LogP contribution in [0.5, 0.6) is 0 Å². The van der Waals surface area contributed by atoms with Gasteiger partial charge in [0.1, 0.15) is 22.9 Å². The molecule has 246 valence electrons. The Kier molecular flexibility index (Phi) is 7.77. The molecule has 3 aromatic heterocycles. The largest absolute Gasteiger partial charge is 0.444 e. The molecule has 5 aromatic rings. The van der Waals surface area contributed by atoms with Crippen LogP contribution in [0.4, 0.5) is 9.59 Å². The van der Waals surface area contributed by atoms with Crippen molar-refractivity contribution in [2.75, 3.05) is 13.1 Å². The molecule has 2 fully saturated rings. The molecule has 2 atom stereocenters. The van der Waals surface area contributed by atoms with Crippen molar-refractivity contribution in [1.29, 1.82) is 0 Å². The summed E-state index contributed by atoms with van der Waals surface area (Å²) in [5, 5.41) is 0. The van der Waals surface area contributed by atoms with Gasteiger partial charge in [0.25, 0.3) is 0 Å². The molecule has 7 rings (SSSR count). The summed E-state index contributed by atoms with van der Waals surface area (Å²) in [6.45, 7) is 12.7. The molecule has 2 aromatic carbocycles. The first-order valence-electron chi connectivity index (χ1n) is 16.4. The molecule has 2 amide bonds. The lowest BCUT2D eigenvalue weighted by molar-refractivity contribution is 0.0208. The highest BCUT2D eigenvalue weighted by molar-refractivity contribution is 7.18. The number of hydrogen-bond donors (Lipinski definition) is 2. The summed E-state index contributed by atoms with van der Waals surface area (Å²) in [6, 6.07) is 16.6. The van der Waals surface area contributed by atoms with Gasteiger partial charge in [-0.05, 0) is 115 Å². The average Bonchev–Trinajstić information content (AvgIpc) is 3.82. The number of hydrogen-bond acceptors (Lipinski definition) is 7. The van der Waals surface area contributed by atoms with Crippen LogP contribution < -0.4 is 0 Å². The SMILES string of the molecule is CC(C)(C)OC(=O)N1CCC[C@@H]1c1nc2ccc(-c3ccc(-c4ccc5nc([C@H]6CCCN6C(=O)OC(C)(C)C)[nH]c5c4)s3)cc2[nH]1. The van der Waals surface area contributed by atoms with Gasteiger partial charge in [0.2, 0.25) is 0 Å². The number of benzene rings is 2. The number of nitrogens with one attached hydrogen (secondary N) is 2. The number of imidazole rings is 2. The maximum Gasteiger partial charge on any atom is 0.410 e. The van der Waals surface area contributed by atoms with Crippen molar-refractivity contribution in [2.45, 2.75) is 90.5 Å². The second-order valence-corrected chi connectivity index (χ2v) is 15.6. The number of carbonyl (C=O) groups is 2. The lowest BCUT2D eigenvalue weighted by atomic mass is 10.1. The van der Waals surface area contributed by atoms with Crippen LogP contribution in [0.1, 0.15) is 91.0 Å². The van der Waals surface area contributed by atoms with Gasteiger partial charge in [-0.25, -0.2) is 19.6 Å². The first-order chi connectivity index (χ1) is 22.3. The highest BCUT2D eigenvalue weighted by atomic mass is 32.1. The van der Waals surface area contributed by atoms with E-state index in [2.05, 4.69) is 46.4 Å². The zero-order chi connectivity index (χ0) is 33.1. The van der Waals surface area contributed by atoms with Crippen molar-refractivity contribution in [1.82, 2.24) is 29.7 Å². The van der Waals surface area contributed by atoms with Crippen LogP contribution in [-0.2, 0) is 9.47 Å². The minimum atomic E-state index is -0.541. The molecule has 5 heterocycles. The van der Waals surface area contributed by atoms with Crippen LogP contribution >= 0.6 is 11.3 Å². The average molecular weight is 655 g/mol. The molecule has 0 spiro atoms. The molecule has 2 N–H and O–H groups in total. The van der Waals surface area contributed by atoms with E-state index in [1.54, 1.807) is 21.1 Å². The van der Waals surface area contributed by atoms with Gasteiger partial charge in [-0.3, -0.25) is 9.80 Å². The first-order valence-corrected chi connectivity index (χ1v) is 17.2. The standard InChI is InChI=1S/C36H42N6O4S/c1-35(2,3)45-33(43)41-17-7-9-27(41)31-37-23-13-11-21(19-25(23)39-31)29-15-16-30(47-29)22-12-14-24-26(20-22)40-32(38-24)28-10-8-18-42(28)34(44)46-36(4,5)6/h11-16,19-20,27-28H,7-10,17-18H2,1-6H3,(H,37,39)(H,38,40)/t27-,28-/m1/s1. The van der Waals surface area contributed by atoms with Crippen LogP contribution in [0.3, 0.4) is 0 Å². The van der Waals surface area contributed by atoms with Crippen molar-refractivity contribution in [2.24, 2.45) is 0 Å². The molecule has 10 nitrogen and oxygen atoms in total. The quantitative estimate of drug-likeness (QED) is 0.200. The van der Waals surface area contributed by atoms with Crippen LogP contribution in [0.25, 0.3) is 42.9 Å². The molecule has 2 aliphatic heterocycles. The summed E-state index contributed by atoms with van der Waals surface area (Å²) in [4.78, 5) is 48.3. The topological polar surface area (TPSA) is 116 Å². The summed E-state index contributed by atoms with van der Waals surface area (Å²) >= 11 is 1.73. The van der Waals surface area contributed by atoms with Gasteiger partial charge in [-0.15, -0.1) is 11.3 Å². The van der Waals surface area contributed by atoms with Crippen molar-refractivity contribution in [3.05, 3.63) is 60.2 Å². The third kappa shape index (κ3) is 6.45. The van der Waals surface area contributed by atoms with Gasteiger partial charge in [-0.1, -0.05) is 12.1 Å². The van der Waals surface area contributed by atoms with E-state index in [1.807, 2.05) is 53.7 Å². The minimum absolute atomic E-state index is 0.124. The van der Waals surface area contributed by atoms with Crippen LogP contribution in [0.2, 0.25) is 0 Å². The maximum atomic E-state index is 12.9. The third-order valence-electron chi connectivity index (χ3n) is 8.57. The Hall–Kier alpha value is -4.38. The lowest BCUT2D eigenvalue weighted by Gasteiger charge is -2.27. The highest BCUT2D eigenvalue weighted by Crippen LogP contribution is 2.39. The van der Waals surface area contributed by atoms with Crippen LogP contribution in [0.15, 0.2) is 48.5 Å². The van der Waals surface area contributed by atoms with E-state index >= 15 is 0 Å². The number of aromatic nitrogens is 4. The molecule has 0 bridgehead atoms. The number of aromatic amines is 2. The Labute approximate surface area is 278 Å². The van der Waals surface area contributed by atoms with Crippen molar-refractivity contribution in [3.63, 3.8) is 0 Å². The fourth-order valence-corrected chi connectivity index (χ4v) is 7.51. The van der Waals surface area contributed by atoms with Gasteiger partial charge in [0.05, 0.1) is 34.2 Å². The van der Waals surface area contributed by atoms with Crippen molar-refractivity contribution < 1.29 is 19.1 Å². The molecule has 47 heavy (non-hydrogen) atoms. The number of amides is 2. The Morgan fingerprint density at radius 1 is 0.702 bits per heavy atom. The van der Waals surface area contributed by atoms with Gasteiger partial charge in [-0.2, -0.15) is 0 Å². The second-order valence-electron chi connectivity index (χ2n) is 14.5. The Morgan fingerprint density at radius 3 is 1.53 bits per heavy atom. The number of rotatable bonds is 4. The number of likely N-dealkylation sites (tertiary alicyclic amines) is 2. The van der Waals surface area contributed by atoms with E-state index in [9.17, 15) is 9.59 Å². The smallest absolute Gasteiger partial charge is 0.410 e. The van der Waals surface area contributed by atoms with Gasteiger partial charge in [0.15, 0.2) is 0 Å². The molecular formula is C36H42N6O4S. The Balaban J connectivity index is 1.10. The molecule has 0 unspecified atom stereocenters. The monoisotopic (exact) mass is 654 g/mol. The maximum absolute atomic E-state index is 12.9. The summed E-state index contributed by atoms with van der Waals surface area (Å²) < 4.78 is 11.3. The zero-order valence-electron chi connectivity index (χ0n) is 27.8. The number of thiophene rings is 1. The second kappa shape index (κ2) is 11.7. The Bertz CT molecular complexity index is 1820. The van der Waals surface area contributed by atoms with Crippen molar-refractivity contribution >= 4 is 45.6 Å². The van der Waals surface area contributed by atoms with Crippen molar-refractivity contribution in [3.8, 4) is 20.9 Å². The molecular weight excluding hydrogens is 613 g/mol. The van der Waals surface area contributed by atoms with E-state index in [0.29, 0.717) is 13.1 Å². The highest BCUT2D eigenvalue weighted by Gasteiger charge is 2.36. The molecule has 2 saturated heterocycles. The predicted molar refractivity (Wildman–Crippen MR) is 184 cm³/mol. The first kappa shape index (κ1) is 31.2. The Morgan fingerprint density at radius 2 is 1.13 bits per heavy atom. The molecule has 0 aliphatic carbocycles. The molecule has 2 aliphatic rings. The summed E-state index contributed by atoms with van der Waals surface area (Å²) in [6.07, 6.45) is 2.95. The van der Waals surface area contributed by atoms with E-state index in [4.69, 9.17) is 19.4 Å². The van der Waals surface area contributed by atoms with E-state index in [0.717, 1.165) is 80.3 Å². The number of H-pyrrole nitrogens is 2. The number of carbonyl (C=O) groups excluding carboxylic acids is 2. The summed E-state index contributed by atoms with van der Waals surface area (Å²) in [5.41, 5.74) is 4.78. The fraction of sp³-hybridized carbons (Fsp3) is 0.444. The normalized spacial score (nSPS) is 18.9. The predicted octanol–water partition coefficient (Wildman–Crippen LogP) is 8.98. The summed E-state index contributed by atoms with van der Waals surface area (Å²) in [7, 11) is 0. The van der Waals surface area contributed by atoms with Crippen LogP contribution in [0, 0.1) is 0 Å². The molecule has 0 saturated carbocycles. The molecule has 11 heteroatoms. The van der Waals surface area contributed by atoms with E-state index in [1.165, 1.54) is 0 Å². The van der Waals surface area contributed by atoms with E-state index < -0.39 is 11.2 Å². The fourth-order valence-electron chi connectivity index (χ4n) is 6.51. The number of ether oxygens (including phenoxy) is 2. The van der Waals surface area contributed by atoms with Gasteiger partial charge >= 0.3 is 12.2 Å².